The summed E-state index contributed by atoms with van der Waals surface area (Å²) in [6.07, 6.45) is 2.23. The average molecular weight is 621 g/mol. The van der Waals surface area contributed by atoms with Crippen LogP contribution in [0.4, 0.5) is 14.6 Å². The molecular weight excluding hydrogens is 574 g/mol. The van der Waals surface area contributed by atoms with Gasteiger partial charge < -0.3 is 10.1 Å². The number of aromatic nitrogens is 3. The van der Waals surface area contributed by atoms with Gasteiger partial charge in [0, 0.05) is 50.9 Å². The monoisotopic (exact) mass is 620 g/mol. The Morgan fingerprint density at radius 3 is 2.51 bits per heavy atom. The fraction of sp³-hybridized carbons (Fsp3) is 0.571. The van der Waals surface area contributed by atoms with E-state index < -0.39 is 11.3 Å². The number of rotatable bonds is 8. The summed E-state index contributed by atoms with van der Waals surface area (Å²) in [6.45, 7) is 12.9. The summed E-state index contributed by atoms with van der Waals surface area (Å²) >= 11 is 0. The second-order valence-corrected chi connectivity index (χ2v) is 14.5. The molecule has 10 heteroatoms. The lowest BCUT2D eigenvalue weighted by Crippen LogP contribution is -2.64. The molecule has 1 N–H and O–H groups in total. The van der Waals surface area contributed by atoms with Gasteiger partial charge in [0.25, 0.3) is 5.92 Å². The molecule has 0 unspecified atom stereocenters. The molecule has 0 amide bonds. The molecule has 2 saturated heterocycles. The first-order valence-electron chi connectivity index (χ1n) is 16.1. The molecule has 0 bridgehead atoms. The molecule has 3 aliphatic rings. The maximum atomic E-state index is 15.8. The minimum absolute atomic E-state index is 0.111. The van der Waals surface area contributed by atoms with Crippen molar-refractivity contribution in [1.29, 1.82) is 0 Å². The number of ether oxygens (including phenoxy) is 1. The smallest absolute Gasteiger partial charge is 0.306 e. The highest BCUT2D eigenvalue weighted by Crippen LogP contribution is 2.50. The number of carbonyl (C=O) groups excluding carboxylic acids is 1. The van der Waals surface area contributed by atoms with E-state index in [1.165, 1.54) is 12.7 Å². The van der Waals surface area contributed by atoms with Crippen molar-refractivity contribution in [3.63, 3.8) is 0 Å². The lowest BCUT2D eigenvalue weighted by molar-refractivity contribution is -0.159. The normalized spacial score (nSPS) is 20.0. The summed E-state index contributed by atoms with van der Waals surface area (Å²) in [4.78, 5) is 21.4. The lowest BCUT2D eigenvalue weighted by atomic mass is 9.76. The van der Waals surface area contributed by atoms with Gasteiger partial charge in [-0.2, -0.15) is 5.10 Å². The zero-order valence-electron chi connectivity index (χ0n) is 27.4. The van der Waals surface area contributed by atoms with Crippen LogP contribution in [0.3, 0.4) is 0 Å². The van der Waals surface area contributed by atoms with Crippen LogP contribution in [0, 0.1) is 19.3 Å². The molecule has 8 nitrogen and oxygen atoms in total. The highest BCUT2D eigenvalue weighted by molar-refractivity contribution is 5.70. The van der Waals surface area contributed by atoms with E-state index in [1.807, 2.05) is 35.6 Å². The van der Waals surface area contributed by atoms with Crippen LogP contribution >= 0.6 is 0 Å². The van der Waals surface area contributed by atoms with Crippen LogP contribution in [0.1, 0.15) is 73.3 Å². The maximum Gasteiger partial charge on any atom is 0.306 e. The number of benzene rings is 1. The molecular formula is C35H46F2N6O2. The van der Waals surface area contributed by atoms with E-state index in [0.717, 1.165) is 59.1 Å². The lowest BCUT2D eigenvalue weighted by Gasteiger charge is -2.50. The number of anilines is 1. The molecule has 3 aliphatic heterocycles. The van der Waals surface area contributed by atoms with Crippen molar-refractivity contribution in [2.24, 2.45) is 5.41 Å². The van der Waals surface area contributed by atoms with Gasteiger partial charge in [0.2, 0.25) is 0 Å². The minimum Gasteiger partial charge on any atom is -0.469 e. The molecule has 3 aromatic rings. The molecule has 0 aliphatic carbocycles. The average Bonchev–Trinajstić information content (AvgIpc) is 3.45. The van der Waals surface area contributed by atoms with Crippen molar-refractivity contribution in [3.05, 3.63) is 70.2 Å². The highest BCUT2D eigenvalue weighted by Gasteiger charge is 2.65. The van der Waals surface area contributed by atoms with E-state index in [9.17, 15) is 4.79 Å². The van der Waals surface area contributed by atoms with E-state index in [2.05, 4.69) is 55.3 Å². The van der Waals surface area contributed by atoms with Gasteiger partial charge in [-0.1, -0.05) is 32.9 Å². The Balaban J connectivity index is 1.22. The molecule has 242 valence electrons. The Morgan fingerprint density at radius 1 is 1.07 bits per heavy atom. The number of aryl methyl sites for hydroxylation is 3. The van der Waals surface area contributed by atoms with E-state index in [-0.39, 0.29) is 36.8 Å². The maximum absolute atomic E-state index is 15.8. The molecule has 5 heterocycles. The van der Waals surface area contributed by atoms with Gasteiger partial charge in [-0.3, -0.25) is 14.6 Å². The number of carbonyl (C=O) groups is 1. The van der Waals surface area contributed by atoms with Gasteiger partial charge in [-0.05, 0) is 73.1 Å². The fourth-order valence-corrected chi connectivity index (χ4v) is 7.32. The molecule has 0 radical (unpaired) electrons. The Hall–Kier alpha value is -3.37. The van der Waals surface area contributed by atoms with Gasteiger partial charge in [0.05, 0.1) is 42.6 Å². The molecule has 2 fully saturated rings. The number of likely N-dealkylation sites (tertiary alicyclic amines) is 2. The van der Waals surface area contributed by atoms with Crippen LogP contribution in [-0.4, -0.2) is 82.8 Å². The van der Waals surface area contributed by atoms with E-state index in [1.54, 1.807) is 0 Å². The van der Waals surface area contributed by atoms with E-state index in [0.29, 0.717) is 26.2 Å². The number of hydrogen-bond donors (Lipinski definition) is 1. The Morgan fingerprint density at radius 2 is 1.82 bits per heavy atom. The first-order chi connectivity index (χ1) is 21.2. The van der Waals surface area contributed by atoms with E-state index >= 15 is 8.78 Å². The van der Waals surface area contributed by atoms with Gasteiger partial charge in [0.15, 0.2) is 0 Å². The molecule has 0 saturated carbocycles. The molecule has 6 rings (SSSR count). The van der Waals surface area contributed by atoms with Crippen molar-refractivity contribution in [2.75, 3.05) is 51.7 Å². The molecule has 1 aromatic carbocycles. The fourth-order valence-electron chi connectivity index (χ4n) is 7.32. The van der Waals surface area contributed by atoms with Crippen molar-refractivity contribution in [3.8, 4) is 5.69 Å². The first-order valence-corrected chi connectivity index (χ1v) is 16.1. The standard InChI is InChI=1S/C35H46F2N6O2/c1-23-12-24(2)43(40-23)30-14-26(13-28(16-30)33(3,4)5)27(15-31(44)45-6)17-41-19-34(35(36,37)22-41)20-42(21-34)18-29-10-9-25-8-7-11-38-32(25)39-29/h9-10,12-14,16,27H,7-8,11,15,17-22H2,1-6H3,(H,38,39)/t27-/m1/s1. The largest absolute Gasteiger partial charge is 0.469 e. The number of hydrogen-bond acceptors (Lipinski definition) is 7. The second-order valence-electron chi connectivity index (χ2n) is 14.5. The molecule has 2 aromatic heterocycles. The summed E-state index contributed by atoms with van der Waals surface area (Å²) in [5, 5.41) is 8.07. The van der Waals surface area contributed by atoms with Crippen molar-refractivity contribution in [1.82, 2.24) is 24.6 Å². The number of nitrogens with zero attached hydrogens (tertiary/aromatic N) is 5. The van der Waals surface area contributed by atoms with Crippen LogP contribution in [0.2, 0.25) is 0 Å². The number of esters is 1. The molecule has 45 heavy (non-hydrogen) atoms. The summed E-state index contributed by atoms with van der Waals surface area (Å²) in [6, 6.07) is 12.5. The summed E-state index contributed by atoms with van der Waals surface area (Å²) in [5.74, 6) is -2.56. The Labute approximate surface area is 265 Å². The van der Waals surface area contributed by atoms with E-state index in [4.69, 9.17) is 14.8 Å². The van der Waals surface area contributed by atoms with Crippen molar-refractivity contribution >= 4 is 11.8 Å². The van der Waals surface area contributed by atoms with Gasteiger partial charge in [0.1, 0.15) is 5.82 Å². The van der Waals surface area contributed by atoms with Crippen molar-refractivity contribution < 1.29 is 18.3 Å². The zero-order valence-corrected chi connectivity index (χ0v) is 27.4. The van der Waals surface area contributed by atoms with Gasteiger partial charge in [-0.15, -0.1) is 0 Å². The number of pyridine rings is 1. The summed E-state index contributed by atoms with van der Waals surface area (Å²) < 4.78 is 38.5. The Kier molecular flexibility index (Phi) is 8.27. The number of fused-ring (bicyclic) bond motifs is 1. The Bertz CT molecular complexity index is 1570. The van der Waals surface area contributed by atoms with Crippen LogP contribution in [-0.2, 0) is 27.9 Å². The summed E-state index contributed by atoms with van der Waals surface area (Å²) in [5.41, 5.74) is 5.72. The van der Waals surface area contributed by atoms with Crippen LogP contribution in [0.15, 0.2) is 36.4 Å². The predicted octanol–water partition coefficient (Wildman–Crippen LogP) is 5.64. The highest BCUT2D eigenvalue weighted by atomic mass is 19.3. The number of halogens is 2. The number of alkyl halides is 2. The van der Waals surface area contributed by atoms with Crippen LogP contribution < -0.4 is 5.32 Å². The first kappa shape index (κ1) is 31.6. The van der Waals surface area contributed by atoms with Crippen LogP contribution in [0.25, 0.3) is 5.69 Å². The van der Waals surface area contributed by atoms with Gasteiger partial charge in [-0.25, -0.2) is 18.4 Å². The second kappa shape index (κ2) is 11.8. The third-order valence-corrected chi connectivity index (χ3v) is 9.77. The van der Waals surface area contributed by atoms with Gasteiger partial charge >= 0.3 is 5.97 Å². The quantitative estimate of drug-likeness (QED) is 0.327. The zero-order chi connectivity index (χ0) is 32.1. The number of methoxy groups -OCH3 is 1. The topological polar surface area (TPSA) is 75.5 Å². The third kappa shape index (κ3) is 6.36. The number of nitrogens with one attached hydrogen (secondary N) is 1. The third-order valence-electron chi connectivity index (χ3n) is 9.77. The predicted molar refractivity (Wildman–Crippen MR) is 171 cm³/mol. The van der Waals surface area contributed by atoms with Crippen molar-refractivity contribution in [2.45, 2.75) is 77.7 Å². The molecule has 1 spiro atoms. The minimum atomic E-state index is -2.83. The summed E-state index contributed by atoms with van der Waals surface area (Å²) in [7, 11) is 1.38. The SMILES string of the molecule is COC(=O)C[C@H](CN1CC(F)(F)C2(C1)CN(Cc1ccc3c(n1)NCCC3)C2)c1cc(-n2nc(C)cc2C)cc(C(C)(C)C)c1. The van der Waals surface area contributed by atoms with Crippen LogP contribution in [0.5, 0.6) is 0 Å². The molecule has 1 atom stereocenters.